The van der Waals surface area contributed by atoms with Crippen molar-refractivity contribution in [3.8, 4) is 0 Å². The number of amides is 3. The first kappa shape index (κ1) is 21.8. The number of carbonyl (C=O) groups is 2. The maximum atomic E-state index is 13.1. The molecule has 4 rings (SSSR count). The van der Waals surface area contributed by atoms with Crippen LogP contribution in [-0.2, 0) is 11.2 Å². The van der Waals surface area contributed by atoms with E-state index in [0.717, 1.165) is 11.3 Å². The summed E-state index contributed by atoms with van der Waals surface area (Å²) in [5.74, 6) is -0.253. The van der Waals surface area contributed by atoms with Crippen LogP contribution >= 0.6 is 11.3 Å². The van der Waals surface area contributed by atoms with Gasteiger partial charge in [-0.25, -0.2) is 14.2 Å². The van der Waals surface area contributed by atoms with Gasteiger partial charge in [-0.2, -0.15) is 0 Å². The highest BCUT2D eigenvalue weighted by Crippen LogP contribution is 2.19. The number of aryl methyl sites for hydroxylation is 1. The number of carbonyl (C=O) groups excluding carboxylic acids is 2. The Morgan fingerprint density at radius 1 is 1.00 bits per heavy atom. The third-order valence-corrected chi connectivity index (χ3v) is 6.04. The summed E-state index contributed by atoms with van der Waals surface area (Å²) in [5.41, 5.74) is 3.39. The smallest absolute Gasteiger partial charge is 0.325 e. The maximum absolute atomic E-state index is 13.1. The van der Waals surface area contributed by atoms with E-state index in [1.165, 1.54) is 23.5 Å². The lowest BCUT2D eigenvalue weighted by atomic mass is 10.2. The Morgan fingerprint density at radius 3 is 2.38 bits per heavy atom. The van der Waals surface area contributed by atoms with Crippen LogP contribution in [-0.4, -0.2) is 48.0 Å². The lowest BCUT2D eigenvalue weighted by molar-refractivity contribution is -0.130. The Morgan fingerprint density at radius 2 is 1.69 bits per heavy atom. The van der Waals surface area contributed by atoms with Crippen LogP contribution in [0.1, 0.15) is 11.3 Å². The number of hydrogen-bond acceptors (Lipinski definition) is 5. The fourth-order valence-electron chi connectivity index (χ4n) is 3.47. The van der Waals surface area contributed by atoms with E-state index in [-0.39, 0.29) is 24.2 Å². The van der Waals surface area contributed by atoms with Crippen LogP contribution in [0.5, 0.6) is 0 Å². The predicted octanol–water partition coefficient (Wildman–Crippen LogP) is 4.13. The molecule has 0 atom stereocenters. The highest BCUT2D eigenvalue weighted by Gasteiger charge is 2.22. The molecule has 1 saturated heterocycles. The molecule has 9 heteroatoms. The van der Waals surface area contributed by atoms with Gasteiger partial charge in [0, 0.05) is 42.9 Å². The van der Waals surface area contributed by atoms with Crippen molar-refractivity contribution < 1.29 is 14.0 Å². The van der Waals surface area contributed by atoms with E-state index in [1.54, 1.807) is 17.5 Å². The number of nitrogens with one attached hydrogen (secondary N) is 2. The van der Waals surface area contributed by atoms with Crippen molar-refractivity contribution in [1.82, 2.24) is 9.88 Å². The fraction of sp³-hybridized carbons (Fsp3) is 0.261. The zero-order chi connectivity index (χ0) is 22.5. The number of aromatic nitrogens is 1. The van der Waals surface area contributed by atoms with Gasteiger partial charge in [0.25, 0.3) is 0 Å². The second-order valence-corrected chi connectivity index (χ2v) is 8.47. The van der Waals surface area contributed by atoms with Crippen molar-refractivity contribution in [2.45, 2.75) is 13.3 Å². The first-order valence-electron chi connectivity index (χ1n) is 10.3. The molecule has 1 aliphatic rings. The van der Waals surface area contributed by atoms with Crippen molar-refractivity contribution in [2.75, 3.05) is 41.7 Å². The van der Waals surface area contributed by atoms with E-state index in [1.807, 2.05) is 36.1 Å². The summed E-state index contributed by atoms with van der Waals surface area (Å²) in [6, 6.07) is 13.5. The molecule has 2 heterocycles. The lowest BCUT2D eigenvalue weighted by Gasteiger charge is -2.36. The molecule has 3 amide bonds. The standard InChI is InChI=1S/C23H24FN5O2S/c1-16-2-6-18(7-3-16)25-22(31)27-23-26-19(15-32-23)14-21(30)29-12-10-28(11-13-29)20-8-4-17(24)5-9-20/h2-9,15H,10-14H2,1H3,(H2,25,26,27,31). The SMILES string of the molecule is Cc1ccc(NC(=O)Nc2nc(CC(=O)N3CCN(c4ccc(F)cc4)CC3)cs2)cc1. The van der Waals surface area contributed by atoms with E-state index in [2.05, 4.69) is 20.5 Å². The number of halogens is 1. The molecule has 166 valence electrons. The van der Waals surface area contributed by atoms with Crippen LogP contribution in [0.3, 0.4) is 0 Å². The third-order valence-electron chi connectivity index (χ3n) is 5.24. The molecule has 0 bridgehead atoms. The van der Waals surface area contributed by atoms with E-state index in [4.69, 9.17) is 0 Å². The molecule has 0 unspecified atom stereocenters. The fourth-order valence-corrected chi connectivity index (χ4v) is 4.18. The van der Waals surface area contributed by atoms with Crippen LogP contribution in [0.25, 0.3) is 0 Å². The zero-order valence-electron chi connectivity index (χ0n) is 17.7. The summed E-state index contributed by atoms with van der Waals surface area (Å²) in [6.45, 7) is 4.57. The first-order chi connectivity index (χ1) is 15.5. The summed E-state index contributed by atoms with van der Waals surface area (Å²) < 4.78 is 13.1. The van der Waals surface area contributed by atoms with Gasteiger partial charge >= 0.3 is 6.03 Å². The van der Waals surface area contributed by atoms with Crippen molar-refractivity contribution in [1.29, 1.82) is 0 Å². The highest BCUT2D eigenvalue weighted by atomic mass is 32.1. The largest absolute Gasteiger partial charge is 0.368 e. The Kier molecular flexibility index (Phi) is 6.65. The van der Waals surface area contributed by atoms with Crippen molar-refractivity contribution >= 4 is 39.8 Å². The van der Waals surface area contributed by atoms with Gasteiger partial charge in [-0.3, -0.25) is 10.1 Å². The van der Waals surface area contributed by atoms with E-state index in [0.29, 0.717) is 42.7 Å². The minimum absolute atomic E-state index is 0.00436. The molecule has 7 nitrogen and oxygen atoms in total. The summed E-state index contributed by atoms with van der Waals surface area (Å²) in [6.07, 6.45) is 0.189. The summed E-state index contributed by atoms with van der Waals surface area (Å²) in [4.78, 5) is 33.2. The van der Waals surface area contributed by atoms with Gasteiger partial charge in [0.15, 0.2) is 5.13 Å². The second kappa shape index (κ2) is 9.78. The molecule has 0 aliphatic carbocycles. The molecular weight excluding hydrogens is 429 g/mol. The monoisotopic (exact) mass is 453 g/mol. The van der Waals surface area contributed by atoms with Gasteiger partial charge in [-0.1, -0.05) is 17.7 Å². The molecule has 1 fully saturated rings. The number of anilines is 3. The topological polar surface area (TPSA) is 77.6 Å². The zero-order valence-corrected chi connectivity index (χ0v) is 18.5. The number of piperazine rings is 1. The van der Waals surface area contributed by atoms with Crippen LogP contribution in [0, 0.1) is 12.7 Å². The predicted molar refractivity (Wildman–Crippen MR) is 125 cm³/mol. The minimum atomic E-state index is -0.377. The third kappa shape index (κ3) is 5.61. The molecule has 0 saturated carbocycles. The summed E-state index contributed by atoms with van der Waals surface area (Å²) in [5, 5.41) is 7.69. The van der Waals surface area contributed by atoms with Crippen molar-refractivity contribution in [3.05, 3.63) is 71.0 Å². The Bertz CT molecular complexity index is 1080. The van der Waals surface area contributed by atoms with Crippen LogP contribution < -0.4 is 15.5 Å². The number of hydrogen-bond donors (Lipinski definition) is 2. The van der Waals surface area contributed by atoms with Gasteiger partial charge in [-0.05, 0) is 43.3 Å². The van der Waals surface area contributed by atoms with Crippen LogP contribution in [0.2, 0.25) is 0 Å². The second-order valence-electron chi connectivity index (χ2n) is 7.61. The van der Waals surface area contributed by atoms with Gasteiger partial charge in [-0.15, -0.1) is 11.3 Å². The van der Waals surface area contributed by atoms with E-state index in [9.17, 15) is 14.0 Å². The molecular formula is C23H24FN5O2S. The number of urea groups is 1. The normalized spacial score (nSPS) is 13.7. The Hall–Kier alpha value is -3.46. The Labute approximate surface area is 189 Å². The van der Waals surface area contributed by atoms with Crippen LogP contribution in [0.15, 0.2) is 53.9 Å². The lowest BCUT2D eigenvalue weighted by Crippen LogP contribution is -2.49. The molecule has 1 aliphatic heterocycles. The molecule has 0 radical (unpaired) electrons. The number of thiazole rings is 1. The highest BCUT2D eigenvalue weighted by molar-refractivity contribution is 7.14. The molecule has 32 heavy (non-hydrogen) atoms. The summed E-state index contributed by atoms with van der Waals surface area (Å²) in [7, 11) is 0. The van der Waals surface area contributed by atoms with Crippen LogP contribution in [0.4, 0.5) is 25.7 Å². The molecule has 2 aromatic carbocycles. The Balaban J connectivity index is 1.25. The molecule has 3 aromatic rings. The first-order valence-corrected chi connectivity index (χ1v) is 11.2. The molecule has 1 aromatic heterocycles. The van der Waals surface area contributed by atoms with Crippen molar-refractivity contribution in [2.24, 2.45) is 0 Å². The molecule has 2 N–H and O–H groups in total. The quantitative estimate of drug-likeness (QED) is 0.609. The minimum Gasteiger partial charge on any atom is -0.368 e. The van der Waals surface area contributed by atoms with E-state index < -0.39 is 0 Å². The van der Waals surface area contributed by atoms with Gasteiger partial charge in [0.1, 0.15) is 5.82 Å². The number of rotatable bonds is 5. The summed E-state index contributed by atoms with van der Waals surface area (Å²) >= 11 is 1.29. The van der Waals surface area contributed by atoms with Gasteiger partial charge < -0.3 is 15.1 Å². The van der Waals surface area contributed by atoms with E-state index >= 15 is 0 Å². The number of benzene rings is 2. The average Bonchev–Trinajstić information content (AvgIpc) is 3.22. The number of nitrogens with zero attached hydrogens (tertiary/aromatic N) is 3. The average molecular weight is 454 g/mol. The maximum Gasteiger partial charge on any atom is 0.325 e. The van der Waals surface area contributed by atoms with Gasteiger partial charge in [0.05, 0.1) is 12.1 Å². The van der Waals surface area contributed by atoms with Gasteiger partial charge in [0.2, 0.25) is 5.91 Å². The molecule has 0 spiro atoms. The van der Waals surface area contributed by atoms with Crippen molar-refractivity contribution in [3.63, 3.8) is 0 Å².